The summed E-state index contributed by atoms with van der Waals surface area (Å²) in [6.07, 6.45) is 3.48. The standard InChI is InChI=1S/C10H17N3O/c11-7-10(12-4-6-14)3-5-13(8-10)9-1-2-9/h9,12,14H,1-6,8H2. The van der Waals surface area contributed by atoms with Crippen LogP contribution in [0.2, 0.25) is 0 Å². The summed E-state index contributed by atoms with van der Waals surface area (Å²) in [6, 6.07) is 3.10. The zero-order valence-corrected chi connectivity index (χ0v) is 8.37. The van der Waals surface area contributed by atoms with E-state index in [0.717, 1.165) is 25.6 Å². The topological polar surface area (TPSA) is 59.3 Å². The van der Waals surface area contributed by atoms with Gasteiger partial charge in [-0.1, -0.05) is 0 Å². The van der Waals surface area contributed by atoms with Gasteiger partial charge in [0.2, 0.25) is 0 Å². The Morgan fingerprint density at radius 2 is 2.36 bits per heavy atom. The van der Waals surface area contributed by atoms with Crippen molar-refractivity contribution in [3.05, 3.63) is 0 Å². The van der Waals surface area contributed by atoms with Crippen LogP contribution in [0.1, 0.15) is 19.3 Å². The SMILES string of the molecule is N#CC1(NCCO)CCN(C2CC2)C1. The Labute approximate surface area is 84.5 Å². The Hall–Kier alpha value is -0.630. The largest absolute Gasteiger partial charge is 0.395 e. The second kappa shape index (κ2) is 3.85. The molecule has 0 spiro atoms. The summed E-state index contributed by atoms with van der Waals surface area (Å²) in [4.78, 5) is 2.40. The molecule has 14 heavy (non-hydrogen) atoms. The molecule has 0 aromatic carbocycles. The highest BCUT2D eigenvalue weighted by atomic mass is 16.3. The van der Waals surface area contributed by atoms with Crippen LogP contribution >= 0.6 is 0 Å². The highest BCUT2D eigenvalue weighted by molar-refractivity contribution is 5.14. The minimum Gasteiger partial charge on any atom is -0.395 e. The predicted molar refractivity (Wildman–Crippen MR) is 52.6 cm³/mol. The van der Waals surface area contributed by atoms with Crippen LogP contribution < -0.4 is 5.32 Å². The maximum Gasteiger partial charge on any atom is 0.120 e. The number of β-amino-alcohol motifs (C(OH)–C–C–N with tert-alkyl or cyclic N) is 1. The van der Waals surface area contributed by atoms with Gasteiger partial charge < -0.3 is 5.11 Å². The van der Waals surface area contributed by atoms with E-state index in [4.69, 9.17) is 10.4 Å². The number of likely N-dealkylation sites (tertiary alicyclic amines) is 1. The molecule has 2 N–H and O–H groups in total. The van der Waals surface area contributed by atoms with Crippen LogP contribution in [0.4, 0.5) is 0 Å². The van der Waals surface area contributed by atoms with Gasteiger partial charge >= 0.3 is 0 Å². The van der Waals surface area contributed by atoms with E-state index in [1.165, 1.54) is 12.8 Å². The molecular formula is C10H17N3O. The van der Waals surface area contributed by atoms with Crippen LogP contribution in [-0.4, -0.2) is 47.8 Å². The van der Waals surface area contributed by atoms with Gasteiger partial charge in [0.1, 0.15) is 5.54 Å². The Balaban J connectivity index is 1.90. The highest BCUT2D eigenvalue weighted by Crippen LogP contribution is 2.33. The van der Waals surface area contributed by atoms with Crippen molar-refractivity contribution in [2.75, 3.05) is 26.2 Å². The number of hydrogen-bond acceptors (Lipinski definition) is 4. The van der Waals surface area contributed by atoms with E-state index < -0.39 is 5.54 Å². The molecule has 0 aromatic heterocycles. The lowest BCUT2D eigenvalue weighted by Crippen LogP contribution is -2.47. The third-order valence-corrected chi connectivity index (χ3v) is 3.15. The normalized spacial score (nSPS) is 33.1. The maximum atomic E-state index is 9.14. The van der Waals surface area contributed by atoms with Crippen molar-refractivity contribution >= 4 is 0 Å². The second-order valence-corrected chi connectivity index (χ2v) is 4.30. The lowest BCUT2D eigenvalue weighted by molar-refractivity contribution is 0.262. The van der Waals surface area contributed by atoms with Gasteiger partial charge in [0.15, 0.2) is 0 Å². The van der Waals surface area contributed by atoms with Crippen LogP contribution in [-0.2, 0) is 0 Å². The van der Waals surface area contributed by atoms with Gasteiger partial charge in [0, 0.05) is 25.7 Å². The summed E-state index contributed by atoms with van der Waals surface area (Å²) in [5.74, 6) is 0. The summed E-state index contributed by atoms with van der Waals surface area (Å²) in [5, 5.41) is 21.0. The fourth-order valence-electron chi connectivity index (χ4n) is 2.16. The van der Waals surface area contributed by atoms with E-state index in [9.17, 15) is 0 Å². The molecule has 1 saturated heterocycles. The second-order valence-electron chi connectivity index (χ2n) is 4.30. The summed E-state index contributed by atoms with van der Waals surface area (Å²) < 4.78 is 0. The minimum atomic E-state index is -0.397. The summed E-state index contributed by atoms with van der Waals surface area (Å²) in [5.41, 5.74) is -0.397. The molecule has 2 fully saturated rings. The number of nitriles is 1. The van der Waals surface area contributed by atoms with Crippen LogP contribution in [0.5, 0.6) is 0 Å². The van der Waals surface area contributed by atoms with E-state index in [0.29, 0.717) is 6.54 Å². The van der Waals surface area contributed by atoms with Gasteiger partial charge in [-0.25, -0.2) is 0 Å². The molecule has 0 radical (unpaired) electrons. The lowest BCUT2D eigenvalue weighted by atomic mass is 10.0. The average Bonchev–Trinajstić information content (AvgIpc) is 2.98. The van der Waals surface area contributed by atoms with Crippen LogP contribution in [0.15, 0.2) is 0 Å². The monoisotopic (exact) mass is 195 g/mol. The van der Waals surface area contributed by atoms with Crippen molar-refractivity contribution < 1.29 is 5.11 Å². The molecule has 1 atom stereocenters. The van der Waals surface area contributed by atoms with E-state index in [1.807, 2.05) is 0 Å². The molecule has 1 aliphatic carbocycles. The van der Waals surface area contributed by atoms with E-state index in [-0.39, 0.29) is 6.61 Å². The molecule has 0 bridgehead atoms. The number of aliphatic hydroxyl groups is 1. The molecule has 4 nitrogen and oxygen atoms in total. The van der Waals surface area contributed by atoms with E-state index >= 15 is 0 Å². The van der Waals surface area contributed by atoms with Gasteiger partial charge in [-0.05, 0) is 19.3 Å². The molecule has 78 valence electrons. The van der Waals surface area contributed by atoms with Crippen LogP contribution in [0.25, 0.3) is 0 Å². The number of nitrogens with one attached hydrogen (secondary N) is 1. The van der Waals surface area contributed by atoms with Gasteiger partial charge in [0.25, 0.3) is 0 Å². The third-order valence-electron chi connectivity index (χ3n) is 3.15. The van der Waals surface area contributed by atoms with Crippen molar-refractivity contribution in [3.8, 4) is 6.07 Å². The third kappa shape index (κ3) is 1.90. The van der Waals surface area contributed by atoms with Crippen molar-refractivity contribution in [1.29, 1.82) is 5.26 Å². The smallest absolute Gasteiger partial charge is 0.120 e. The fraction of sp³-hybridized carbons (Fsp3) is 0.900. The first kappa shape index (κ1) is 9.91. The minimum absolute atomic E-state index is 0.104. The lowest BCUT2D eigenvalue weighted by Gasteiger charge is -2.22. The van der Waals surface area contributed by atoms with Gasteiger partial charge in [-0.15, -0.1) is 0 Å². The zero-order chi connectivity index (χ0) is 10.0. The van der Waals surface area contributed by atoms with E-state index in [1.54, 1.807) is 0 Å². The first-order valence-corrected chi connectivity index (χ1v) is 5.31. The first-order chi connectivity index (χ1) is 6.79. The maximum absolute atomic E-state index is 9.14. The first-order valence-electron chi connectivity index (χ1n) is 5.31. The van der Waals surface area contributed by atoms with Gasteiger partial charge in [-0.2, -0.15) is 5.26 Å². The summed E-state index contributed by atoms with van der Waals surface area (Å²) >= 11 is 0. The average molecular weight is 195 g/mol. The molecule has 2 rings (SSSR count). The molecule has 0 amide bonds. The van der Waals surface area contributed by atoms with Crippen molar-refractivity contribution in [2.45, 2.75) is 30.8 Å². The molecule has 1 aliphatic heterocycles. The molecule has 1 saturated carbocycles. The molecular weight excluding hydrogens is 178 g/mol. The fourth-order valence-corrected chi connectivity index (χ4v) is 2.16. The Kier molecular flexibility index (Phi) is 2.73. The Morgan fingerprint density at radius 1 is 1.57 bits per heavy atom. The molecule has 0 aromatic rings. The Morgan fingerprint density at radius 3 is 2.93 bits per heavy atom. The van der Waals surface area contributed by atoms with Gasteiger partial charge in [-0.3, -0.25) is 10.2 Å². The Bertz CT molecular complexity index is 246. The van der Waals surface area contributed by atoms with Crippen LogP contribution in [0.3, 0.4) is 0 Å². The number of nitrogens with zero attached hydrogens (tertiary/aromatic N) is 2. The van der Waals surface area contributed by atoms with Crippen LogP contribution in [0, 0.1) is 11.3 Å². The molecule has 2 aliphatic rings. The molecule has 1 unspecified atom stereocenters. The molecule has 4 heteroatoms. The highest BCUT2D eigenvalue weighted by Gasteiger charge is 2.43. The predicted octanol–water partition coefficient (Wildman–Crippen LogP) is -0.301. The van der Waals surface area contributed by atoms with Crippen molar-refractivity contribution in [2.24, 2.45) is 0 Å². The molecule has 1 heterocycles. The summed E-state index contributed by atoms with van der Waals surface area (Å²) in [7, 11) is 0. The number of aliphatic hydroxyl groups excluding tert-OH is 1. The van der Waals surface area contributed by atoms with Crippen molar-refractivity contribution in [3.63, 3.8) is 0 Å². The van der Waals surface area contributed by atoms with Crippen molar-refractivity contribution in [1.82, 2.24) is 10.2 Å². The number of hydrogen-bond donors (Lipinski definition) is 2. The van der Waals surface area contributed by atoms with Gasteiger partial charge in [0.05, 0.1) is 12.7 Å². The zero-order valence-electron chi connectivity index (χ0n) is 8.37. The summed E-state index contributed by atoms with van der Waals surface area (Å²) in [6.45, 7) is 2.48. The van der Waals surface area contributed by atoms with E-state index in [2.05, 4.69) is 16.3 Å². The quantitative estimate of drug-likeness (QED) is 0.646. The number of rotatable bonds is 4.